The highest BCUT2D eigenvalue weighted by atomic mass is 19.1. The van der Waals surface area contributed by atoms with E-state index in [0.29, 0.717) is 43.2 Å². The van der Waals surface area contributed by atoms with Crippen LogP contribution in [0.4, 0.5) is 10.1 Å². The van der Waals surface area contributed by atoms with E-state index >= 15 is 0 Å². The molecule has 31 heavy (non-hydrogen) atoms. The monoisotopic (exact) mass is 420 g/mol. The summed E-state index contributed by atoms with van der Waals surface area (Å²) in [6.45, 7) is 5.88. The molecule has 1 aliphatic rings. The molecule has 0 atom stereocenters. The van der Waals surface area contributed by atoms with Crippen LogP contribution in [0.2, 0.25) is 0 Å². The Morgan fingerprint density at radius 2 is 1.84 bits per heavy atom. The first-order valence-electron chi connectivity index (χ1n) is 10.3. The number of alkyl halides is 1. The predicted molar refractivity (Wildman–Crippen MR) is 118 cm³/mol. The molecule has 1 aliphatic heterocycles. The molecule has 0 aliphatic carbocycles. The number of aryl methyl sites for hydroxylation is 2. The maximum Gasteiger partial charge on any atom is 0.255 e. The zero-order chi connectivity index (χ0) is 21.8. The molecule has 4 rings (SSSR count). The third kappa shape index (κ3) is 4.88. The zero-order valence-corrected chi connectivity index (χ0v) is 17.6. The number of aromatic nitrogens is 2. The van der Waals surface area contributed by atoms with Gasteiger partial charge in [0.05, 0.1) is 0 Å². The molecule has 160 valence electrons. The summed E-state index contributed by atoms with van der Waals surface area (Å²) in [4.78, 5) is 23.3. The van der Waals surface area contributed by atoms with Crippen molar-refractivity contribution in [2.45, 2.75) is 20.0 Å². The van der Waals surface area contributed by atoms with Crippen molar-refractivity contribution in [2.75, 3.05) is 31.6 Å². The van der Waals surface area contributed by atoms with Gasteiger partial charge in [0.15, 0.2) is 0 Å². The lowest BCUT2D eigenvalue weighted by Crippen LogP contribution is -2.49. The van der Waals surface area contributed by atoms with Gasteiger partial charge in [0.25, 0.3) is 5.91 Å². The Morgan fingerprint density at radius 1 is 1.13 bits per heavy atom. The minimum absolute atomic E-state index is 0.184. The van der Waals surface area contributed by atoms with Crippen LogP contribution in [0.3, 0.4) is 0 Å². The molecule has 0 saturated carbocycles. The fraction of sp³-hybridized carbons (Fsp3) is 0.292. The molecule has 1 fully saturated rings. The summed E-state index contributed by atoms with van der Waals surface area (Å²) in [6, 6.07) is 14.6. The van der Waals surface area contributed by atoms with Gasteiger partial charge in [-0.25, -0.2) is 14.4 Å². The summed E-state index contributed by atoms with van der Waals surface area (Å²) in [7, 11) is 0. The number of amides is 1. The van der Waals surface area contributed by atoms with Crippen LogP contribution in [0.15, 0.2) is 54.9 Å². The van der Waals surface area contributed by atoms with Gasteiger partial charge in [-0.15, -0.1) is 0 Å². The number of carbonyl (C=O) groups is 1. The van der Waals surface area contributed by atoms with E-state index in [2.05, 4.69) is 15.3 Å². The summed E-state index contributed by atoms with van der Waals surface area (Å²) in [5.41, 5.74) is 4.58. The highest BCUT2D eigenvalue weighted by molar-refractivity contribution is 6.04. The number of anilines is 1. The van der Waals surface area contributed by atoms with Gasteiger partial charge in [0.1, 0.15) is 24.9 Å². The van der Waals surface area contributed by atoms with Gasteiger partial charge in [0, 0.05) is 53.4 Å². The van der Waals surface area contributed by atoms with Crippen LogP contribution in [0.5, 0.6) is 5.75 Å². The number of rotatable bonds is 7. The first-order chi connectivity index (χ1) is 15.0. The van der Waals surface area contributed by atoms with E-state index in [1.165, 1.54) is 6.33 Å². The molecule has 2 heterocycles. The van der Waals surface area contributed by atoms with Crippen molar-refractivity contribution in [1.29, 1.82) is 0 Å². The fourth-order valence-corrected chi connectivity index (χ4v) is 3.68. The predicted octanol–water partition coefficient (Wildman–Crippen LogP) is 4.05. The van der Waals surface area contributed by atoms with Gasteiger partial charge in [0.2, 0.25) is 0 Å². The van der Waals surface area contributed by atoms with Gasteiger partial charge < -0.3 is 10.1 Å². The number of hydrogen-bond donors (Lipinski definition) is 1. The van der Waals surface area contributed by atoms with Crippen LogP contribution in [-0.4, -0.2) is 53.2 Å². The topological polar surface area (TPSA) is 67.3 Å². The number of benzene rings is 2. The highest BCUT2D eigenvalue weighted by Gasteiger charge is 2.25. The Morgan fingerprint density at radius 3 is 2.52 bits per heavy atom. The largest absolute Gasteiger partial charge is 0.492 e. The van der Waals surface area contributed by atoms with Gasteiger partial charge in [-0.3, -0.25) is 9.69 Å². The first-order valence-corrected chi connectivity index (χ1v) is 10.3. The van der Waals surface area contributed by atoms with Crippen molar-refractivity contribution in [3.63, 3.8) is 0 Å². The molecule has 1 amide bonds. The molecule has 3 aromatic rings. The maximum atomic E-state index is 13.0. The second-order valence-electron chi connectivity index (χ2n) is 7.66. The number of nitrogens with one attached hydrogen (secondary N) is 1. The lowest BCUT2D eigenvalue weighted by atomic mass is 10.0. The molecule has 0 radical (unpaired) electrons. The molecule has 6 nitrogen and oxygen atoms in total. The van der Waals surface area contributed by atoms with Gasteiger partial charge >= 0.3 is 0 Å². The average Bonchev–Trinajstić information content (AvgIpc) is 2.74. The molecule has 1 N–H and O–H groups in total. The Hall–Kier alpha value is -3.32. The van der Waals surface area contributed by atoms with E-state index < -0.39 is 6.17 Å². The maximum absolute atomic E-state index is 13.0. The minimum atomic E-state index is -0.727. The molecule has 0 spiro atoms. The van der Waals surface area contributed by atoms with Crippen molar-refractivity contribution in [1.82, 2.24) is 14.9 Å². The molecular formula is C24H25FN4O2. The second kappa shape index (κ2) is 9.22. The number of ether oxygens (including phenoxy) is 1. The van der Waals surface area contributed by atoms with E-state index in [0.717, 1.165) is 22.5 Å². The third-order valence-corrected chi connectivity index (χ3v) is 5.35. The first kappa shape index (κ1) is 20.9. The van der Waals surface area contributed by atoms with E-state index in [1.54, 1.807) is 12.1 Å². The van der Waals surface area contributed by atoms with Crippen LogP contribution in [0, 0.1) is 13.8 Å². The summed E-state index contributed by atoms with van der Waals surface area (Å²) < 4.78 is 19.1. The zero-order valence-electron chi connectivity index (χ0n) is 17.6. The molecule has 2 aromatic carbocycles. The second-order valence-corrected chi connectivity index (χ2v) is 7.66. The van der Waals surface area contributed by atoms with Crippen molar-refractivity contribution in [3.8, 4) is 16.9 Å². The van der Waals surface area contributed by atoms with Crippen LogP contribution < -0.4 is 10.1 Å². The van der Waals surface area contributed by atoms with Crippen molar-refractivity contribution in [2.24, 2.45) is 0 Å². The molecule has 1 saturated heterocycles. The minimum Gasteiger partial charge on any atom is -0.492 e. The van der Waals surface area contributed by atoms with Crippen molar-refractivity contribution >= 4 is 11.6 Å². The number of nitrogens with zero attached hydrogens (tertiary/aromatic N) is 3. The Balaban J connectivity index is 1.59. The number of likely N-dealkylation sites (tertiary alicyclic amines) is 1. The smallest absolute Gasteiger partial charge is 0.255 e. The van der Waals surface area contributed by atoms with Gasteiger partial charge in [-0.1, -0.05) is 18.2 Å². The molecule has 0 bridgehead atoms. The van der Waals surface area contributed by atoms with Crippen LogP contribution in [-0.2, 0) is 0 Å². The average molecular weight is 420 g/mol. The van der Waals surface area contributed by atoms with E-state index in [1.807, 2.05) is 55.1 Å². The number of halogens is 1. The van der Waals surface area contributed by atoms with E-state index in [-0.39, 0.29) is 5.91 Å². The third-order valence-electron chi connectivity index (χ3n) is 5.35. The Bertz CT molecular complexity index is 1050. The normalized spacial score (nSPS) is 14.2. The van der Waals surface area contributed by atoms with E-state index in [9.17, 15) is 9.18 Å². The van der Waals surface area contributed by atoms with Crippen molar-refractivity contribution in [3.05, 3.63) is 71.8 Å². The Kier molecular flexibility index (Phi) is 6.23. The van der Waals surface area contributed by atoms with Gasteiger partial charge in [-0.05, 0) is 44.2 Å². The standard InChI is InChI=1S/C24H25FN4O2/c1-16-23(17(2)27-15-26-16)21-12-20(28-24(30)18-6-4-3-5-7-18)8-9-22(21)31-11-10-29-13-19(25)14-29/h3-9,12,15,19H,10-11,13-14H2,1-2H3,(H,28,30). The molecular weight excluding hydrogens is 395 g/mol. The number of carbonyl (C=O) groups excluding carboxylic acids is 1. The van der Waals surface area contributed by atoms with Crippen LogP contribution in [0.25, 0.3) is 11.1 Å². The molecule has 1 aromatic heterocycles. The van der Waals surface area contributed by atoms with Crippen LogP contribution in [0.1, 0.15) is 21.7 Å². The lowest BCUT2D eigenvalue weighted by molar-refractivity contribution is 0.0539. The summed E-state index contributed by atoms with van der Waals surface area (Å²) in [5, 5.41) is 2.95. The highest BCUT2D eigenvalue weighted by Crippen LogP contribution is 2.35. The Labute approximate surface area is 181 Å². The SMILES string of the molecule is Cc1ncnc(C)c1-c1cc(NC(=O)c2ccccc2)ccc1OCCN1CC(F)C1. The van der Waals surface area contributed by atoms with E-state index in [4.69, 9.17) is 4.74 Å². The summed E-state index contributed by atoms with van der Waals surface area (Å²) in [5.74, 6) is 0.493. The summed E-state index contributed by atoms with van der Waals surface area (Å²) >= 11 is 0. The lowest BCUT2D eigenvalue weighted by Gasteiger charge is -2.34. The summed E-state index contributed by atoms with van der Waals surface area (Å²) in [6.07, 6.45) is 0.808. The number of hydrogen-bond acceptors (Lipinski definition) is 5. The quantitative estimate of drug-likeness (QED) is 0.625. The molecule has 0 unspecified atom stereocenters. The van der Waals surface area contributed by atoms with Gasteiger partial charge in [-0.2, -0.15) is 0 Å². The fourth-order valence-electron chi connectivity index (χ4n) is 3.68. The van der Waals surface area contributed by atoms with Crippen LogP contribution >= 0.6 is 0 Å². The van der Waals surface area contributed by atoms with Crippen molar-refractivity contribution < 1.29 is 13.9 Å². The molecule has 7 heteroatoms.